The van der Waals surface area contributed by atoms with Gasteiger partial charge in [-0.05, 0) is 11.1 Å². The van der Waals surface area contributed by atoms with Crippen LogP contribution in [-0.4, -0.2) is 18.4 Å². The summed E-state index contributed by atoms with van der Waals surface area (Å²) in [6.07, 6.45) is -7.04. The summed E-state index contributed by atoms with van der Waals surface area (Å²) in [5, 5.41) is 8.92. The Morgan fingerprint density at radius 2 is 1.80 bits per heavy atom. The van der Waals surface area contributed by atoms with Gasteiger partial charge in [0.1, 0.15) is 0 Å². The summed E-state index contributed by atoms with van der Waals surface area (Å²) >= 11 is 0. The molecule has 0 saturated carbocycles. The molecule has 1 aromatic carbocycles. The van der Waals surface area contributed by atoms with E-state index in [1.165, 1.54) is 31.4 Å². The van der Waals surface area contributed by atoms with Gasteiger partial charge in [0, 0.05) is 7.11 Å². The largest absolute Gasteiger partial charge is 0.418 e. The van der Waals surface area contributed by atoms with Gasteiger partial charge in [-0.2, -0.15) is 13.2 Å². The highest BCUT2D eigenvalue weighted by Gasteiger charge is 2.39. The van der Waals surface area contributed by atoms with Crippen LogP contribution in [0.3, 0.4) is 0 Å². The number of aliphatic hydroxyl groups excluding tert-OH is 1. The highest BCUT2D eigenvalue weighted by molar-refractivity contribution is 5.24. The maximum atomic E-state index is 12.1. The maximum absolute atomic E-state index is 12.1. The summed E-state index contributed by atoms with van der Waals surface area (Å²) in [4.78, 5) is 0. The van der Waals surface area contributed by atoms with Gasteiger partial charge in [-0.1, -0.05) is 24.3 Å². The first kappa shape index (κ1) is 12.0. The van der Waals surface area contributed by atoms with E-state index in [0.717, 1.165) is 5.56 Å². The van der Waals surface area contributed by atoms with Crippen molar-refractivity contribution in [1.82, 2.24) is 0 Å². The SMILES string of the molecule is COCc1ccc([C@@H](O)C(F)(F)F)cc1. The molecule has 5 heteroatoms. The van der Waals surface area contributed by atoms with Crippen molar-refractivity contribution in [3.05, 3.63) is 35.4 Å². The molecule has 0 radical (unpaired) electrons. The Morgan fingerprint density at radius 3 is 2.20 bits per heavy atom. The Bertz CT molecular complexity index is 305. The van der Waals surface area contributed by atoms with E-state index in [0.29, 0.717) is 6.61 Å². The van der Waals surface area contributed by atoms with Crippen LogP contribution < -0.4 is 0 Å². The van der Waals surface area contributed by atoms with Crippen LogP contribution in [0.2, 0.25) is 0 Å². The highest BCUT2D eigenvalue weighted by Crippen LogP contribution is 2.32. The van der Waals surface area contributed by atoms with Crippen molar-refractivity contribution in [3.8, 4) is 0 Å². The van der Waals surface area contributed by atoms with Gasteiger partial charge in [-0.15, -0.1) is 0 Å². The van der Waals surface area contributed by atoms with Gasteiger partial charge in [-0.25, -0.2) is 0 Å². The first-order valence-corrected chi connectivity index (χ1v) is 4.27. The smallest absolute Gasteiger partial charge is 0.380 e. The summed E-state index contributed by atoms with van der Waals surface area (Å²) in [5.74, 6) is 0. The molecule has 1 atom stereocenters. The Kier molecular flexibility index (Phi) is 3.71. The van der Waals surface area contributed by atoms with Gasteiger partial charge in [0.05, 0.1) is 6.61 Å². The lowest BCUT2D eigenvalue weighted by Gasteiger charge is -2.14. The maximum Gasteiger partial charge on any atom is 0.418 e. The van der Waals surface area contributed by atoms with Crippen LogP contribution in [0.4, 0.5) is 13.2 Å². The van der Waals surface area contributed by atoms with Gasteiger partial charge in [0.15, 0.2) is 6.10 Å². The number of alkyl halides is 3. The molecule has 1 aromatic rings. The van der Waals surface area contributed by atoms with E-state index in [2.05, 4.69) is 0 Å². The van der Waals surface area contributed by atoms with E-state index >= 15 is 0 Å². The Morgan fingerprint density at radius 1 is 1.27 bits per heavy atom. The van der Waals surface area contributed by atoms with Crippen LogP contribution >= 0.6 is 0 Å². The molecule has 15 heavy (non-hydrogen) atoms. The molecule has 1 N–H and O–H groups in total. The summed E-state index contributed by atoms with van der Waals surface area (Å²) in [5.41, 5.74) is 0.595. The van der Waals surface area contributed by atoms with Gasteiger partial charge in [-0.3, -0.25) is 0 Å². The first-order valence-electron chi connectivity index (χ1n) is 4.27. The molecule has 0 amide bonds. The minimum Gasteiger partial charge on any atom is -0.380 e. The number of aliphatic hydroxyl groups is 1. The predicted octanol–water partition coefficient (Wildman–Crippen LogP) is 2.43. The van der Waals surface area contributed by atoms with E-state index in [9.17, 15) is 13.2 Å². The summed E-state index contributed by atoms with van der Waals surface area (Å²) in [7, 11) is 1.50. The predicted molar refractivity (Wildman–Crippen MR) is 48.2 cm³/mol. The van der Waals surface area contributed by atoms with Crippen molar-refractivity contribution < 1.29 is 23.0 Å². The zero-order valence-electron chi connectivity index (χ0n) is 8.08. The third-order valence-corrected chi connectivity index (χ3v) is 1.92. The monoisotopic (exact) mass is 220 g/mol. The summed E-state index contributed by atoms with van der Waals surface area (Å²) in [6, 6.07) is 5.47. The molecule has 0 heterocycles. The van der Waals surface area contributed by atoms with E-state index in [1.807, 2.05) is 0 Å². The van der Waals surface area contributed by atoms with Crippen molar-refractivity contribution in [2.24, 2.45) is 0 Å². The molecule has 84 valence electrons. The molecule has 0 aromatic heterocycles. The third-order valence-electron chi connectivity index (χ3n) is 1.92. The number of hydrogen-bond acceptors (Lipinski definition) is 2. The van der Waals surface area contributed by atoms with Crippen LogP contribution in [0, 0.1) is 0 Å². The zero-order valence-corrected chi connectivity index (χ0v) is 8.08. The summed E-state index contributed by atoms with van der Waals surface area (Å²) in [6.45, 7) is 0.336. The lowest BCUT2D eigenvalue weighted by molar-refractivity contribution is -0.206. The van der Waals surface area contributed by atoms with E-state index in [-0.39, 0.29) is 5.56 Å². The van der Waals surface area contributed by atoms with Gasteiger partial charge < -0.3 is 9.84 Å². The van der Waals surface area contributed by atoms with Crippen LogP contribution in [-0.2, 0) is 11.3 Å². The molecule has 0 aliphatic rings. The number of methoxy groups -OCH3 is 1. The van der Waals surface area contributed by atoms with Crippen molar-refractivity contribution >= 4 is 0 Å². The lowest BCUT2D eigenvalue weighted by atomic mass is 10.1. The molecular formula is C10H11F3O2. The van der Waals surface area contributed by atoms with E-state index in [1.54, 1.807) is 0 Å². The fourth-order valence-corrected chi connectivity index (χ4v) is 1.15. The number of hydrogen-bond donors (Lipinski definition) is 1. The Labute approximate surface area is 85.3 Å². The van der Waals surface area contributed by atoms with Crippen molar-refractivity contribution in [1.29, 1.82) is 0 Å². The summed E-state index contributed by atoms with van der Waals surface area (Å²) < 4.78 is 41.1. The van der Waals surface area contributed by atoms with Gasteiger partial charge in [0.2, 0.25) is 0 Å². The topological polar surface area (TPSA) is 29.5 Å². The average Bonchev–Trinajstić information content (AvgIpc) is 2.17. The van der Waals surface area contributed by atoms with Gasteiger partial charge in [0.25, 0.3) is 0 Å². The third kappa shape index (κ3) is 3.21. The van der Waals surface area contributed by atoms with Crippen molar-refractivity contribution in [2.75, 3.05) is 7.11 Å². The first-order chi connectivity index (χ1) is 6.95. The van der Waals surface area contributed by atoms with Crippen LogP contribution in [0.25, 0.3) is 0 Å². The van der Waals surface area contributed by atoms with Crippen LogP contribution in [0.1, 0.15) is 17.2 Å². The van der Waals surface area contributed by atoms with Crippen molar-refractivity contribution in [2.45, 2.75) is 18.9 Å². The second-order valence-corrected chi connectivity index (χ2v) is 3.12. The van der Waals surface area contributed by atoms with Crippen LogP contribution in [0.5, 0.6) is 0 Å². The molecule has 0 unspecified atom stereocenters. The minimum atomic E-state index is -4.62. The second kappa shape index (κ2) is 4.63. The molecule has 0 spiro atoms. The fraction of sp³-hybridized carbons (Fsp3) is 0.400. The second-order valence-electron chi connectivity index (χ2n) is 3.12. The van der Waals surface area contributed by atoms with E-state index in [4.69, 9.17) is 9.84 Å². The Balaban J connectivity index is 2.80. The highest BCUT2D eigenvalue weighted by atomic mass is 19.4. The number of halogens is 3. The fourth-order valence-electron chi connectivity index (χ4n) is 1.15. The molecule has 2 nitrogen and oxygen atoms in total. The number of rotatable bonds is 3. The number of ether oxygens (including phenoxy) is 1. The van der Waals surface area contributed by atoms with Crippen LogP contribution in [0.15, 0.2) is 24.3 Å². The van der Waals surface area contributed by atoms with E-state index < -0.39 is 12.3 Å². The molecule has 0 fully saturated rings. The normalized spacial score (nSPS) is 13.9. The van der Waals surface area contributed by atoms with Gasteiger partial charge >= 0.3 is 6.18 Å². The van der Waals surface area contributed by atoms with Crippen molar-refractivity contribution in [3.63, 3.8) is 0 Å². The molecular weight excluding hydrogens is 209 g/mol. The number of benzene rings is 1. The quantitative estimate of drug-likeness (QED) is 0.847. The molecule has 0 bridgehead atoms. The standard InChI is InChI=1S/C10H11F3O2/c1-15-6-7-2-4-8(5-3-7)9(14)10(11,12)13/h2-5,9,14H,6H2,1H3/t9-/m1/s1. The molecule has 0 saturated heterocycles. The molecule has 0 aliphatic carbocycles. The average molecular weight is 220 g/mol. The minimum absolute atomic E-state index is 0.164. The molecule has 1 rings (SSSR count). The zero-order chi connectivity index (χ0) is 11.5. The Hall–Kier alpha value is -1.07. The molecule has 0 aliphatic heterocycles. The lowest BCUT2D eigenvalue weighted by Crippen LogP contribution is -2.20.